The minimum Gasteiger partial charge on any atom is -0.481 e. The lowest BCUT2D eigenvalue weighted by molar-refractivity contribution is -0.144. The van der Waals surface area contributed by atoms with Crippen molar-refractivity contribution in [2.75, 3.05) is 33.1 Å². The maximum absolute atomic E-state index is 12.3. The fraction of sp³-hybridized carbons (Fsp3) is 0.222. The van der Waals surface area contributed by atoms with Gasteiger partial charge in [0.15, 0.2) is 6.73 Å². The number of nitrogens with one attached hydrogen (secondary N) is 1. The summed E-state index contributed by atoms with van der Waals surface area (Å²) in [7, 11) is 5.43. The Bertz CT molecular complexity index is 1460. The number of esters is 1. The van der Waals surface area contributed by atoms with Gasteiger partial charge in [-0.15, -0.1) is 0 Å². The van der Waals surface area contributed by atoms with Crippen molar-refractivity contribution in [3.8, 4) is 28.1 Å². The van der Waals surface area contributed by atoms with Gasteiger partial charge in [0.05, 0.1) is 19.0 Å². The van der Waals surface area contributed by atoms with E-state index in [0.29, 0.717) is 23.8 Å². The molecule has 10 nitrogen and oxygen atoms in total. The number of carbonyl (C=O) groups is 2. The van der Waals surface area contributed by atoms with Gasteiger partial charge in [-0.1, -0.05) is 6.08 Å². The summed E-state index contributed by atoms with van der Waals surface area (Å²) in [6.07, 6.45) is 11.9. The van der Waals surface area contributed by atoms with Crippen molar-refractivity contribution >= 4 is 28.6 Å². The van der Waals surface area contributed by atoms with Crippen molar-refractivity contribution in [1.82, 2.24) is 24.4 Å². The highest BCUT2D eigenvalue weighted by molar-refractivity contribution is 6.00. The van der Waals surface area contributed by atoms with Gasteiger partial charge in [0.2, 0.25) is 11.8 Å². The van der Waals surface area contributed by atoms with Crippen LogP contribution in [-0.2, 0) is 21.1 Å². The number of likely N-dealkylation sites (N-methyl/N-ethyl adjacent to an activating group) is 1. The highest BCUT2D eigenvalue weighted by atomic mass is 16.5. The van der Waals surface area contributed by atoms with Crippen LogP contribution in [-0.4, -0.2) is 64.0 Å². The van der Waals surface area contributed by atoms with Crippen LogP contribution in [0.25, 0.3) is 33.3 Å². The van der Waals surface area contributed by atoms with Gasteiger partial charge in [-0.05, 0) is 37.9 Å². The fourth-order valence-electron chi connectivity index (χ4n) is 3.73. The number of aromatic nitrogens is 4. The number of anilines is 1. The zero-order chi connectivity index (χ0) is 26.4. The first-order valence-corrected chi connectivity index (χ1v) is 11.5. The fourth-order valence-corrected chi connectivity index (χ4v) is 3.73. The van der Waals surface area contributed by atoms with Gasteiger partial charge in [0.25, 0.3) is 0 Å². The Morgan fingerprint density at radius 1 is 1.08 bits per heavy atom. The number of amides is 1. The van der Waals surface area contributed by atoms with Gasteiger partial charge in [0, 0.05) is 72.5 Å². The third-order valence-electron chi connectivity index (χ3n) is 5.45. The van der Waals surface area contributed by atoms with Crippen LogP contribution >= 0.6 is 0 Å². The molecule has 1 N–H and O–H groups in total. The quantitative estimate of drug-likeness (QED) is 0.273. The van der Waals surface area contributed by atoms with E-state index in [1.807, 2.05) is 49.5 Å². The van der Waals surface area contributed by atoms with Crippen LogP contribution in [0.15, 0.2) is 67.4 Å². The minimum atomic E-state index is -0.382. The zero-order valence-corrected chi connectivity index (χ0v) is 21.1. The molecule has 4 aromatic rings. The van der Waals surface area contributed by atoms with E-state index in [1.165, 1.54) is 13.0 Å². The highest BCUT2D eigenvalue weighted by Gasteiger charge is 2.15. The third-order valence-corrected chi connectivity index (χ3v) is 5.45. The smallest absolute Gasteiger partial charge is 0.304 e. The average molecular weight is 501 g/mol. The molecular formula is C27H28N6O4. The Hall–Kier alpha value is -4.57. The van der Waals surface area contributed by atoms with Crippen LogP contribution in [0.5, 0.6) is 5.88 Å². The van der Waals surface area contributed by atoms with E-state index in [2.05, 4.69) is 20.3 Å². The molecule has 0 radical (unpaired) electrons. The topological polar surface area (TPSA) is 111 Å². The molecule has 190 valence electrons. The molecule has 0 aromatic carbocycles. The molecule has 10 heteroatoms. The Kier molecular flexibility index (Phi) is 7.89. The standard InChI is InChI=1S/C27H28N6O4/c1-18(34)37-17-33-16-24(19-7-8-29-26(12-19)36-4)23-11-21(14-30-27(23)33)20-10-22(15-28-13-20)31-25(35)6-5-9-32(2)3/h5-8,10-16H,9,17H2,1-4H3,(H,31,35)/b6-5+. The molecule has 0 atom stereocenters. The second kappa shape index (κ2) is 11.4. The molecule has 0 unspecified atom stereocenters. The van der Waals surface area contributed by atoms with Crippen LogP contribution in [0.4, 0.5) is 5.69 Å². The lowest BCUT2D eigenvalue weighted by atomic mass is 10.0. The molecule has 4 aromatic heterocycles. The molecule has 1 amide bonds. The average Bonchev–Trinajstić information content (AvgIpc) is 3.25. The van der Waals surface area contributed by atoms with Crippen LogP contribution in [0.2, 0.25) is 0 Å². The monoisotopic (exact) mass is 500 g/mol. The number of hydrogen-bond donors (Lipinski definition) is 1. The first-order valence-electron chi connectivity index (χ1n) is 11.5. The van der Waals surface area contributed by atoms with E-state index in [0.717, 1.165) is 27.6 Å². The van der Waals surface area contributed by atoms with E-state index in [-0.39, 0.29) is 18.6 Å². The van der Waals surface area contributed by atoms with Crippen molar-refractivity contribution in [3.05, 3.63) is 67.4 Å². The van der Waals surface area contributed by atoms with Crippen molar-refractivity contribution < 1.29 is 19.1 Å². The molecule has 0 bridgehead atoms. The van der Waals surface area contributed by atoms with E-state index in [1.54, 1.807) is 42.5 Å². The van der Waals surface area contributed by atoms with E-state index < -0.39 is 0 Å². The maximum Gasteiger partial charge on any atom is 0.304 e. The molecule has 0 saturated heterocycles. The van der Waals surface area contributed by atoms with E-state index in [4.69, 9.17) is 9.47 Å². The molecule has 0 aliphatic carbocycles. The predicted molar refractivity (Wildman–Crippen MR) is 141 cm³/mol. The largest absolute Gasteiger partial charge is 0.481 e. The van der Waals surface area contributed by atoms with Gasteiger partial charge in [-0.3, -0.25) is 19.1 Å². The first kappa shape index (κ1) is 25.5. The maximum atomic E-state index is 12.3. The Morgan fingerprint density at radius 3 is 2.65 bits per heavy atom. The zero-order valence-electron chi connectivity index (χ0n) is 21.1. The summed E-state index contributed by atoms with van der Waals surface area (Å²) in [6.45, 7) is 2.06. The SMILES string of the molecule is COc1cc(-c2cn(COC(C)=O)c3ncc(-c4cncc(NC(=O)/C=C/CN(C)C)c4)cc23)ccn1. The summed E-state index contributed by atoms with van der Waals surface area (Å²) < 4.78 is 12.3. The van der Waals surface area contributed by atoms with E-state index >= 15 is 0 Å². The summed E-state index contributed by atoms with van der Waals surface area (Å²) in [5, 5.41) is 3.69. The first-order chi connectivity index (χ1) is 17.8. The van der Waals surface area contributed by atoms with Gasteiger partial charge in [0.1, 0.15) is 5.65 Å². The summed E-state index contributed by atoms with van der Waals surface area (Å²) in [5.74, 6) is -0.132. The molecule has 0 fully saturated rings. The van der Waals surface area contributed by atoms with Gasteiger partial charge in [-0.25, -0.2) is 9.97 Å². The summed E-state index contributed by atoms with van der Waals surface area (Å²) in [6, 6.07) is 7.55. The molecule has 0 aliphatic heterocycles. The Balaban J connectivity index is 1.70. The number of nitrogens with zero attached hydrogens (tertiary/aromatic N) is 5. The van der Waals surface area contributed by atoms with Crippen LogP contribution in [0, 0.1) is 0 Å². The molecule has 4 heterocycles. The van der Waals surface area contributed by atoms with Crippen molar-refractivity contribution in [1.29, 1.82) is 0 Å². The molecule has 37 heavy (non-hydrogen) atoms. The summed E-state index contributed by atoms with van der Waals surface area (Å²) >= 11 is 0. The van der Waals surface area contributed by atoms with Gasteiger partial charge in [-0.2, -0.15) is 0 Å². The number of pyridine rings is 3. The number of fused-ring (bicyclic) bond motifs is 1. The number of methoxy groups -OCH3 is 1. The molecule has 0 saturated carbocycles. The molecular weight excluding hydrogens is 472 g/mol. The Morgan fingerprint density at radius 2 is 1.89 bits per heavy atom. The van der Waals surface area contributed by atoms with Crippen molar-refractivity contribution in [2.45, 2.75) is 13.7 Å². The summed E-state index contributed by atoms with van der Waals surface area (Å²) in [4.78, 5) is 38.8. The minimum absolute atomic E-state index is 0.0326. The normalized spacial score (nSPS) is 11.3. The second-order valence-electron chi connectivity index (χ2n) is 8.58. The number of rotatable bonds is 9. The Labute approximate surface area is 214 Å². The third kappa shape index (κ3) is 6.36. The summed E-state index contributed by atoms with van der Waals surface area (Å²) in [5.41, 5.74) is 4.58. The predicted octanol–water partition coefficient (Wildman–Crippen LogP) is 3.75. The number of hydrogen-bond acceptors (Lipinski definition) is 8. The molecule has 0 aliphatic rings. The van der Waals surface area contributed by atoms with E-state index in [9.17, 15) is 9.59 Å². The van der Waals surface area contributed by atoms with Crippen LogP contribution in [0.3, 0.4) is 0 Å². The van der Waals surface area contributed by atoms with Crippen molar-refractivity contribution in [2.24, 2.45) is 0 Å². The molecule has 4 rings (SSSR count). The second-order valence-corrected chi connectivity index (χ2v) is 8.58. The molecule has 0 spiro atoms. The highest BCUT2D eigenvalue weighted by Crippen LogP contribution is 2.34. The van der Waals surface area contributed by atoms with Crippen molar-refractivity contribution in [3.63, 3.8) is 0 Å². The van der Waals surface area contributed by atoms with Gasteiger partial charge >= 0.3 is 5.97 Å². The lowest BCUT2D eigenvalue weighted by Crippen LogP contribution is -2.13. The lowest BCUT2D eigenvalue weighted by Gasteiger charge is -2.08. The van der Waals surface area contributed by atoms with Crippen LogP contribution < -0.4 is 10.1 Å². The van der Waals surface area contributed by atoms with Crippen LogP contribution in [0.1, 0.15) is 6.92 Å². The number of ether oxygens (including phenoxy) is 2. The van der Waals surface area contributed by atoms with Gasteiger partial charge < -0.3 is 19.7 Å². The number of carbonyl (C=O) groups excluding carboxylic acids is 2.